The van der Waals surface area contributed by atoms with E-state index in [9.17, 15) is 36.3 Å². The standard InChI is InChI=1S/C20H13ClF5N5O3S/c1-30(9-3-2-8(22)12(21)13(9)23)18(33)10-6-29-19(34)31(10)14-11-7(20(24,25)26)4-5-28-17(11)35-15(14)16(27)32/h2-5,10H,6H2,1H3,(H2,27,32)(H,29,34)/t10-/m0/s1. The highest BCUT2D eigenvalue weighted by Crippen LogP contribution is 2.45. The molecule has 3 aromatic rings. The van der Waals surface area contributed by atoms with Gasteiger partial charge in [-0.05, 0) is 18.2 Å². The van der Waals surface area contributed by atoms with Gasteiger partial charge < -0.3 is 16.0 Å². The molecule has 0 spiro atoms. The van der Waals surface area contributed by atoms with E-state index in [0.29, 0.717) is 22.3 Å². The number of thiophene rings is 1. The minimum absolute atomic E-state index is 0.237. The number of aromatic nitrogens is 1. The molecule has 3 heterocycles. The molecule has 4 rings (SSSR count). The molecule has 1 aliphatic heterocycles. The summed E-state index contributed by atoms with van der Waals surface area (Å²) in [7, 11) is 1.11. The topological polar surface area (TPSA) is 109 Å². The number of urea groups is 1. The van der Waals surface area contributed by atoms with Gasteiger partial charge in [0.2, 0.25) is 0 Å². The predicted molar refractivity (Wildman–Crippen MR) is 118 cm³/mol. The van der Waals surface area contributed by atoms with E-state index < -0.39 is 80.5 Å². The molecule has 0 radical (unpaired) electrons. The summed E-state index contributed by atoms with van der Waals surface area (Å²) in [5, 5.41) is 0.865. The number of pyridine rings is 1. The zero-order valence-corrected chi connectivity index (χ0v) is 19.0. The van der Waals surface area contributed by atoms with E-state index in [1.54, 1.807) is 0 Å². The molecule has 0 aliphatic carbocycles. The Labute approximate surface area is 202 Å². The van der Waals surface area contributed by atoms with Gasteiger partial charge in [0, 0.05) is 25.2 Å². The SMILES string of the molecule is CN(C(=O)[C@@H]1CNC(=O)N1c1c(C(N)=O)sc2nccc(C(F)(F)F)c12)c1ccc(F)c(Cl)c1F. The zero-order chi connectivity index (χ0) is 25.8. The van der Waals surface area contributed by atoms with Crippen LogP contribution in [0.5, 0.6) is 0 Å². The first-order chi connectivity index (χ1) is 16.3. The van der Waals surface area contributed by atoms with E-state index in [4.69, 9.17) is 17.3 Å². The summed E-state index contributed by atoms with van der Waals surface area (Å²) >= 11 is 6.10. The molecule has 3 N–H and O–H groups in total. The van der Waals surface area contributed by atoms with Crippen LogP contribution in [0.1, 0.15) is 15.2 Å². The molecule has 2 aromatic heterocycles. The maximum Gasteiger partial charge on any atom is 0.417 e. The molecule has 1 atom stereocenters. The first kappa shape index (κ1) is 24.6. The summed E-state index contributed by atoms with van der Waals surface area (Å²) < 4.78 is 69.4. The lowest BCUT2D eigenvalue weighted by Gasteiger charge is -2.28. The summed E-state index contributed by atoms with van der Waals surface area (Å²) in [6.45, 7) is -0.393. The Hall–Kier alpha value is -3.52. The number of benzene rings is 1. The molecule has 1 aromatic carbocycles. The second kappa shape index (κ2) is 8.61. The van der Waals surface area contributed by atoms with Crippen LogP contribution in [-0.4, -0.2) is 42.5 Å². The van der Waals surface area contributed by atoms with Crippen molar-refractivity contribution in [2.24, 2.45) is 5.73 Å². The molecule has 1 saturated heterocycles. The van der Waals surface area contributed by atoms with Crippen molar-refractivity contribution < 1.29 is 36.3 Å². The van der Waals surface area contributed by atoms with Crippen molar-refractivity contribution >= 4 is 62.4 Å². The second-order valence-electron chi connectivity index (χ2n) is 7.34. The Morgan fingerprint density at radius 1 is 1.29 bits per heavy atom. The lowest BCUT2D eigenvalue weighted by Crippen LogP contribution is -2.47. The maximum atomic E-state index is 14.5. The number of carbonyl (C=O) groups excluding carboxylic acids is 3. The van der Waals surface area contributed by atoms with Gasteiger partial charge in [0.1, 0.15) is 26.6 Å². The number of carbonyl (C=O) groups is 3. The van der Waals surface area contributed by atoms with Crippen molar-refractivity contribution in [3.63, 3.8) is 0 Å². The number of fused-ring (bicyclic) bond motifs is 1. The second-order valence-corrected chi connectivity index (χ2v) is 8.72. The van der Waals surface area contributed by atoms with Gasteiger partial charge in [-0.15, -0.1) is 11.3 Å². The number of nitrogens with zero attached hydrogens (tertiary/aromatic N) is 3. The van der Waals surface area contributed by atoms with Gasteiger partial charge in [0.05, 0.1) is 16.9 Å². The van der Waals surface area contributed by atoms with Crippen LogP contribution < -0.4 is 20.9 Å². The van der Waals surface area contributed by atoms with E-state index in [2.05, 4.69) is 10.3 Å². The quantitative estimate of drug-likeness (QED) is 0.391. The van der Waals surface area contributed by atoms with Crippen molar-refractivity contribution in [1.82, 2.24) is 10.3 Å². The summed E-state index contributed by atoms with van der Waals surface area (Å²) in [4.78, 5) is 42.7. The highest BCUT2D eigenvalue weighted by molar-refractivity contribution is 7.21. The van der Waals surface area contributed by atoms with Crippen LogP contribution in [0.4, 0.5) is 38.1 Å². The highest BCUT2D eigenvalue weighted by atomic mass is 35.5. The van der Waals surface area contributed by atoms with E-state index in [0.717, 1.165) is 30.3 Å². The van der Waals surface area contributed by atoms with Crippen LogP contribution in [0.15, 0.2) is 24.4 Å². The lowest BCUT2D eigenvalue weighted by molar-refractivity contribution is -0.136. The number of hydrogen-bond acceptors (Lipinski definition) is 5. The Kier molecular flexibility index (Phi) is 6.05. The average Bonchev–Trinajstić information content (AvgIpc) is 3.36. The number of hydrogen-bond donors (Lipinski definition) is 2. The Balaban J connectivity index is 1.88. The van der Waals surface area contributed by atoms with Crippen LogP contribution in [0.2, 0.25) is 5.02 Å². The van der Waals surface area contributed by atoms with E-state index >= 15 is 0 Å². The highest BCUT2D eigenvalue weighted by Gasteiger charge is 2.44. The predicted octanol–water partition coefficient (Wildman–Crippen LogP) is 3.91. The van der Waals surface area contributed by atoms with Gasteiger partial charge in [0.25, 0.3) is 11.8 Å². The average molecular weight is 534 g/mol. The molecular formula is C20H13ClF5N5O3S. The first-order valence-electron chi connectivity index (χ1n) is 9.61. The minimum atomic E-state index is -4.90. The summed E-state index contributed by atoms with van der Waals surface area (Å²) in [6, 6.07) is -0.0970. The minimum Gasteiger partial charge on any atom is -0.365 e. The summed E-state index contributed by atoms with van der Waals surface area (Å²) in [6.07, 6.45) is -4.01. The van der Waals surface area contributed by atoms with Crippen molar-refractivity contribution in [2.45, 2.75) is 12.2 Å². The molecule has 8 nitrogen and oxygen atoms in total. The fraction of sp³-hybridized carbons (Fsp3) is 0.200. The molecule has 0 saturated carbocycles. The van der Waals surface area contributed by atoms with Gasteiger partial charge in [-0.2, -0.15) is 13.2 Å². The Bertz CT molecular complexity index is 1400. The van der Waals surface area contributed by atoms with Gasteiger partial charge in [-0.25, -0.2) is 18.6 Å². The van der Waals surface area contributed by atoms with Crippen molar-refractivity contribution in [1.29, 1.82) is 0 Å². The number of rotatable bonds is 4. The normalized spacial score (nSPS) is 16.0. The van der Waals surface area contributed by atoms with Crippen molar-refractivity contribution in [3.05, 3.63) is 51.5 Å². The van der Waals surface area contributed by atoms with E-state index in [1.165, 1.54) is 0 Å². The van der Waals surface area contributed by atoms with Gasteiger partial charge in [-0.3, -0.25) is 14.5 Å². The van der Waals surface area contributed by atoms with Crippen molar-refractivity contribution in [2.75, 3.05) is 23.4 Å². The zero-order valence-electron chi connectivity index (χ0n) is 17.4. The van der Waals surface area contributed by atoms with Crippen molar-refractivity contribution in [3.8, 4) is 0 Å². The molecule has 0 unspecified atom stereocenters. The molecule has 184 valence electrons. The van der Waals surface area contributed by atoms with Crippen LogP contribution in [0.25, 0.3) is 10.2 Å². The van der Waals surface area contributed by atoms with Crippen LogP contribution in [-0.2, 0) is 11.0 Å². The molecule has 0 bridgehead atoms. The third-order valence-electron chi connectivity index (χ3n) is 5.31. The maximum absolute atomic E-state index is 14.5. The van der Waals surface area contributed by atoms with Crippen LogP contribution >= 0.6 is 22.9 Å². The number of anilines is 2. The number of nitrogens with one attached hydrogen (secondary N) is 1. The third kappa shape index (κ3) is 4.01. The molecule has 1 aliphatic rings. The number of alkyl halides is 3. The molecule has 1 fully saturated rings. The van der Waals surface area contributed by atoms with Gasteiger partial charge in [-0.1, -0.05) is 11.6 Å². The largest absolute Gasteiger partial charge is 0.417 e. The number of likely N-dealkylation sites (N-methyl/N-ethyl adjacent to an activating group) is 1. The number of amides is 4. The lowest BCUT2D eigenvalue weighted by atomic mass is 10.1. The smallest absolute Gasteiger partial charge is 0.365 e. The fourth-order valence-corrected chi connectivity index (χ4v) is 4.89. The van der Waals surface area contributed by atoms with Crippen LogP contribution in [0.3, 0.4) is 0 Å². The molecule has 4 amide bonds. The van der Waals surface area contributed by atoms with Crippen LogP contribution in [0, 0.1) is 11.6 Å². The number of nitrogens with two attached hydrogens (primary N) is 1. The van der Waals surface area contributed by atoms with Gasteiger partial charge in [0.15, 0.2) is 5.82 Å². The number of halogens is 6. The first-order valence-corrected chi connectivity index (χ1v) is 10.8. The van der Waals surface area contributed by atoms with Gasteiger partial charge >= 0.3 is 12.2 Å². The van der Waals surface area contributed by atoms with E-state index in [1.807, 2.05) is 0 Å². The summed E-state index contributed by atoms with van der Waals surface area (Å²) in [5.74, 6) is -4.44. The Morgan fingerprint density at radius 2 is 1.97 bits per heavy atom. The fourth-order valence-electron chi connectivity index (χ4n) is 3.71. The Morgan fingerprint density at radius 3 is 2.60 bits per heavy atom. The monoisotopic (exact) mass is 533 g/mol. The third-order valence-corrected chi connectivity index (χ3v) is 6.75. The molecule has 15 heteroatoms. The molecule has 35 heavy (non-hydrogen) atoms. The number of primary amides is 1. The van der Waals surface area contributed by atoms with E-state index in [-0.39, 0.29) is 4.83 Å². The summed E-state index contributed by atoms with van der Waals surface area (Å²) in [5.41, 5.74) is 3.20. The molecular weight excluding hydrogens is 521 g/mol.